The van der Waals surface area contributed by atoms with Gasteiger partial charge in [-0.1, -0.05) is 0 Å². The molecule has 1 aromatic rings. The highest BCUT2D eigenvalue weighted by atomic mass is 16.6. The summed E-state index contributed by atoms with van der Waals surface area (Å²) in [6.07, 6.45) is 3.44. The third-order valence-corrected chi connectivity index (χ3v) is 3.49. The smallest absolute Gasteiger partial charge is 0.404 e. The van der Waals surface area contributed by atoms with Gasteiger partial charge in [0.05, 0.1) is 11.0 Å². The van der Waals surface area contributed by atoms with E-state index in [1.165, 1.54) is 6.20 Å². The van der Waals surface area contributed by atoms with Crippen molar-refractivity contribution in [1.29, 1.82) is 0 Å². The second kappa shape index (κ2) is 5.25. The summed E-state index contributed by atoms with van der Waals surface area (Å²) in [6.45, 7) is 1.62. The summed E-state index contributed by atoms with van der Waals surface area (Å²) in [5, 5.41) is 26.1. The Balaban J connectivity index is 2.00. The maximum Gasteiger partial charge on any atom is 0.404 e. The fraction of sp³-hybridized carbons (Fsp3) is 0.636. The highest BCUT2D eigenvalue weighted by Crippen LogP contribution is 2.30. The molecule has 0 atom stereocenters. The molecule has 1 aliphatic carbocycles. The Morgan fingerprint density at radius 1 is 1.53 bits per heavy atom. The van der Waals surface area contributed by atoms with E-state index in [9.17, 15) is 14.9 Å². The topological polar surface area (TPSA) is 110 Å². The molecule has 1 aromatic heterocycles. The Morgan fingerprint density at radius 2 is 2.16 bits per heavy atom. The summed E-state index contributed by atoms with van der Waals surface area (Å²) in [7, 11) is 0. The monoisotopic (exact) mass is 268 g/mol. The largest absolute Gasteiger partial charge is 0.465 e. The summed E-state index contributed by atoms with van der Waals surface area (Å²) >= 11 is 0. The normalized spacial score (nSPS) is 23.0. The minimum Gasteiger partial charge on any atom is -0.465 e. The number of amides is 1. The predicted molar refractivity (Wildman–Crippen MR) is 66.1 cm³/mol. The van der Waals surface area contributed by atoms with Crippen LogP contribution >= 0.6 is 0 Å². The molecule has 19 heavy (non-hydrogen) atoms. The summed E-state index contributed by atoms with van der Waals surface area (Å²) in [4.78, 5) is 20.9. The number of aryl methyl sites for hydroxylation is 1. The molecule has 0 saturated heterocycles. The Labute approximate surface area is 109 Å². The van der Waals surface area contributed by atoms with Gasteiger partial charge in [-0.3, -0.25) is 14.8 Å². The van der Waals surface area contributed by atoms with E-state index < -0.39 is 11.0 Å². The summed E-state index contributed by atoms with van der Waals surface area (Å²) in [5.74, 6) is 0. The van der Waals surface area contributed by atoms with Crippen LogP contribution in [0.4, 0.5) is 10.5 Å². The number of carboxylic acid groups (broad SMARTS) is 1. The number of aromatic nitrogens is 2. The van der Waals surface area contributed by atoms with Gasteiger partial charge in [0.15, 0.2) is 0 Å². The van der Waals surface area contributed by atoms with E-state index in [-0.39, 0.29) is 17.8 Å². The molecule has 0 aliphatic heterocycles. The van der Waals surface area contributed by atoms with Crippen LogP contribution in [0.5, 0.6) is 0 Å². The molecule has 2 rings (SSSR count). The third-order valence-electron chi connectivity index (χ3n) is 3.49. The number of carbonyl (C=O) groups is 1. The lowest BCUT2D eigenvalue weighted by molar-refractivity contribution is -0.385. The summed E-state index contributed by atoms with van der Waals surface area (Å²) in [5.41, 5.74) is 0.446. The SMILES string of the molecule is Cc1nn([C@H]2CC[C@@H](NC(=O)O)CC2)cc1[N+](=O)[O-]. The van der Waals surface area contributed by atoms with E-state index in [1.54, 1.807) is 11.6 Å². The van der Waals surface area contributed by atoms with Gasteiger partial charge >= 0.3 is 11.8 Å². The van der Waals surface area contributed by atoms with Crippen molar-refractivity contribution in [2.75, 3.05) is 0 Å². The van der Waals surface area contributed by atoms with E-state index >= 15 is 0 Å². The van der Waals surface area contributed by atoms with Crippen LogP contribution in [-0.4, -0.2) is 31.9 Å². The van der Waals surface area contributed by atoms with Crippen LogP contribution in [0, 0.1) is 17.0 Å². The zero-order chi connectivity index (χ0) is 14.0. The number of hydrogen-bond acceptors (Lipinski definition) is 4. The molecule has 1 amide bonds. The first kappa shape index (κ1) is 13.3. The standard InChI is InChI=1S/C11H16N4O4/c1-7-10(15(18)19)6-14(13-7)9-4-2-8(3-5-9)12-11(16)17/h6,8-9,12H,2-5H2,1H3,(H,16,17)/t8-,9+. The van der Waals surface area contributed by atoms with Crippen molar-refractivity contribution >= 4 is 11.8 Å². The van der Waals surface area contributed by atoms with Crippen molar-refractivity contribution in [3.8, 4) is 0 Å². The van der Waals surface area contributed by atoms with E-state index in [2.05, 4.69) is 10.4 Å². The van der Waals surface area contributed by atoms with E-state index in [0.29, 0.717) is 5.69 Å². The van der Waals surface area contributed by atoms with Gasteiger partial charge in [0.1, 0.15) is 11.9 Å². The molecule has 0 bridgehead atoms. The molecule has 0 aromatic carbocycles. The van der Waals surface area contributed by atoms with Gasteiger partial charge in [-0.2, -0.15) is 5.10 Å². The quantitative estimate of drug-likeness (QED) is 0.642. The Hall–Kier alpha value is -2.12. The van der Waals surface area contributed by atoms with Crippen molar-refractivity contribution in [2.24, 2.45) is 0 Å². The average Bonchev–Trinajstić information content (AvgIpc) is 2.71. The van der Waals surface area contributed by atoms with Gasteiger partial charge in [0.2, 0.25) is 0 Å². The third kappa shape index (κ3) is 3.01. The van der Waals surface area contributed by atoms with Crippen LogP contribution in [-0.2, 0) is 0 Å². The van der Waals surface area contributed by atoms with Crippen LogP contribution < -0.4 is 5.32 Å². The van der Waals surface area contributed by atoms with E-state index in [0.717, 1.165) is 25.7 Å². The lowest BCUT2D eigenvalue weighted by Crippen LogP contribution is -2.37. The van der Waals surface area contributed by atoms with Gasteiger partial charge < -0.3 is 10.4 Å². The van der Waals surface area contributed by atoms with Crippen LogP contribution in [0.15, 0.2) is 6.20 Å². The van der Waals surface area contributed by atoms with Crippen molar-refractivity contribution < 1.29 is 14.8 Å². The van der Waals surface area contributed by atoms with Crippen LogP contribution in [0.2, 0.25) is 0 Å². The minimum absolute atomic E-state index is 0.0274. The highest BCUT2D eigenvalue weighted by molar-refractivity contribution is 5.64. The van der Waals surface area contributed by atoms with Crippen LogP contribution in [0.25, 0.3) is 0 Å². The van der Waals surface area contributed by atoms with Crippen molar-refractivity contribution in [2.45, 2.75) is 44.7 Å². The van der Waals surface area contributed by atoms with E-state index in [1.807, 2.05) is 0 Å². The molecule has 8 heteroatoms. The molecule has 2 N–H and O–H groups in total. The molecular weight excluding hydrogens is 252 g/mol. The molecule has 0 spiro atoms. The lowest BCUT2D eigenvalue weighted by Gasteiger charge is -2.28. The molecule has 8 nitrogen and oxygen atoms in total. The van der Waals surface area contributed by atoms with Crippen molar-refractivity contribution in [3.05, 3.63) is 22.0 Å². The minimum atomic E-state index is -1.01. The number of nitrogens with one attached hydrogen (secondary N) is 1. The molecule has 104 valence electrons. The first-order valence-electron chi connectivity index (χ1n) is 6.17. The number of nitrogens with zero attached hydrogens (tertiary/aromatic N) is 3. The zero-order valence-electron chi connectivity index (χ0n) is 10.6. The molecular formula is C11H16N4O4. The van der Waals surface area contributed by atoms with Gasteiger partial charge in [0, 0.05) is 6.04 Å². The maximum atomic E-state index is 10.8. The Kier molecular flexibility index (Phi) is 3.68. The first-order valence-corrected chi connectivity index (χ1v) is 6.17. The Bertz CT molecular complexity index is 491. The molecule has 0 radical (unpaired) electrons. The average molecular weight is 268 g/mol. The molecule has 1 heterocycles. The second-order valence-corrected chi connectivity index (χ2v) is 4.79. The second-order valence-electron chi connectivity index (χ2n) is 4.79. The summed E-state index contributed by atoms with van der Waals surface area (Å²) < 4.78 is 1.64. The lowest BCUT2D eigenvalue weighted by atomic mass is 9.91. The maximum absolute atomic E-state index is 10.8. The van der Waals surface area contributed by atoms with Gasteiger partial charge in [-0.25, -0.2) is 4.79 Å². The number of nitro groups is 1. The van der Waals surface area contributed by atoms with Crippen LogP contribution in [0.1, 0.15) is 37.4 Å². The fourth-order valence-corrected chi connectivity index (χ4v) is 2.50. The molecule has 1 aliphatic rings. The summed E-state index contributed by atoms with van der Waals surface area (Å²) in [6, 6.07) is 0.0830. The number of hydrogen-bond donors (Lipinski definition) is 2. The zero-order valence-corrected chi connectivity index (χ0v) is 10.6. The number of rotatable bonds is 3. The van der Waals surface area contributed by atoms with E-state index in [4.69, 9.17) is 5.11 Å². The fourth-order valence-electron chi connectivity index (χ4n) is 2.50. The van der Waals surface area contributed by atoms with Crippen molar-refractivity contribution in [1.82, 2.24) is 15.1 Å². The van der Waals surface area contributed by atoms with Gasteiger partial charge in [-0.15, -0.1) is 0 Å². The first-order chi connectivity index (χ1) is 8.97. The molecule has 1 saturated carbocycles. The molecule has 1 fully saturated rings. The van der Waals surface area contributed by atoms with Crippen LogP contribution in [0.3, 0.4) is 0 Å². The van der Waals surface area contributed by atoms with Gasteiger partial charge in [0.25, 0.3) is 0 Å². The highest BCUT2D eigenvalue weighted by Gasteiger charge is 2.26. The van der Waals surface area contributed by atoms with Crippen molar-refractivity contribution in [3.63, 3.8) is 0 Å². The molecule has 0 unspecified atom stereocenters. The van der Waals surface area contributed by atoms with Gasteiger partial charge in [-0.05, 0) is 32.6 Å². The predicted octanol–water partition coefficient (Wildman–Crippen LogP) is 1.85. The Morgan fingerprint density at radius 3 is 2.63 bits per heavy atom.